The smallest absolute Gasteiger partial charge is 0.0638 e. The Balaban J connectivity index is 2.55. The molecule has 0 aromatic rings. The monoisotopic (exact) mass is 196 g/mol. The van der Waals surface area contributed by atoms with Crippen LogP contribution in [-0.2, 0) is 4.74 Å². The van der Waals surface area contributed by atoms with Crippen molar-refractivity contribution in [3.8, 4) is 0 Å². The summed E-state index contributed by atoms with van der Waals surface area (Å²) in [5, 5.41) is 3.28. The van der Waals surface area contributed by atoms with E-state index in [1.165, 1.54) is 0 Å². The molecule has 0 saturated carbocycles. The van der Waals surface area contributed by atoms with Gasteiger partial charge in [0.15, 0.2) is 0 Å². The first-order valence-electron chi connectivity index (χ1n) is 5.04. The first-order chi connectivity index (χ1) is 6.83. The van der Waals surface area contributed by atoms with Crippen molar-refractivity contribution in [1.29, 1.82) is 0 Å². The maximum absolute atomic E-state index is 5.46. The number of hydrogen-bond acceptors (Lipinski definition) is 3. The van der Waals surface area contributed by atoms with Gasteiger partial charge in [-0.25, -0.2) is 0 Å². The van der Waals surface area contributed by atoms with Crippen LogP contribution in [0.4, 0.5) is 0 Å². The average Bonchev–Trinajstić information content (AvgIpc) is 2.65. The fourth-order valence-corrected chi connectivity index (χ4v) is 1.86. The summed E-state index contributed by atoms with van der Waals surface area (Å²) < 4.78 is 5.46. The van der Waals surface area contributed by atoms with Crippen LogP contribution in [0, 0.1) is 0 Å². The van der Waals surface area contributed by atoms with E-state index in [0.717, 1.165) is 26.3 Å². The predicted molar refractivity (Wildman–Crippen MR) is 59.4 cm³/mol. The molecule has 1 saturated heterocycles. The van der Waals surface area contributed by atoms with Crippen molar-refractivity contribution < 1.29 is 4.74 Å². The molecule has 0 aromatic heterocycles. The Bertz CT molecular complexity index is 184. The summed E-state index contributed by atoms with van der Waals surface area (Å²) in [5.74, 6) is 0. The maximum Gasteiger partial charge on any atom is 0.0638 e. The van der Waals surface area contributed by atoms with Crippen LogP contribution in [0.1, 0.15) is 0 Å². The summed E-state index contributed by atoms with van der Waals surface area (Å²) in [6, 6.07) is 0.867. The van der Waals surface area contributed by atoms with E-state index in [9.17, 15) is 0 Å². The number of ether oxygens (including phenoxy) is 1. The summed E-state index contributed by atoms with van der Waals surface area (Å²) in [5.41, 5.74) is 0. The number of nitrogens with one attached hydrogen (secondary N) is 1. The summed E-state index contributed by atoms with van der Waals surface area (Å²) in [6.07, 6.45) is 3.85. The van der Waals surface area contributed by atoms with Crippen LogP contribution in [0.25, 0.3) is 0 Å². The van der Waals surface area contributed by atoms with Crippen LogP contribution in [-0.4, -0.2) is 50.3 Å². The van der Waals surface area contributed by atoms with Gasteiger partial charge in [0, 0.05) is 19.1 Å². The van der Waals surface area contributed by atoms with Crippen LogP contribution in [0.2, 0.25) is 0 Å². The second-order valence-electron chi connectivity index (χ2n) is 3.53. The largest absolute Gasteiger partial charge is 0.378 e. The van der Waals surface area contributed by atoms with Gasteiger partial charge in [0.25, 0.3) is 0 Å². The molecule has 14 heavy (non-hydrogen) atoms. The number of likely N-dealkylation sites (N-methyl/N-ethyl adjacent to an activating group) is 1. The van der Waals surface area contributed by atoms with Crippen molar-refractivity contribution >= 4 is 0 Å². The minimum absolute atomic E-state index is 0.426. The number of nitrogens with zero attached hydrogens (tertiary/aromatic N) is 1. The van der Waals surface area contributed by atoms with Crippen molar-refractivity contribution in [3.05, 3.63) is 25.3 Å². The normalized spacial score (nSPS) is 26.7. The molecule has 80 valence electrons. The molecule has 1 N–H and O–H groups in total. The minimum atomic E-state index is 0.426. The SMILES string of the molecule is C=CCN(CC=C)C1COCC1NC. The number of hydrogen-bond donors (Lipinski definition) is 1. The fraction of sp³-hybridized carbons (Fsp3) is 0.636. The van der Waals surface area contributed by atoms with Crippen molar-refractivity contribution in [2.24, 2.45) is 0 Å². The molecule has 1 rings (SSSR count). The zero-order valence-corrected chi connectivity index (χ0v) is 8.91. The van der Waals surface area contributed by atoms with Gasteiger partial charge in [-0.15, -0.1) is 13.2 Å². The summed E-state index contributed by atoms with van der Waals surface area (Å²) in [4.78, 5) is 2.33. The van der Waals surface area contributed by atoms with E-state index >= 15 is 0 Å². The number of rotatable bonds is 6. The zero-order chi connectivity index (χ0) is 10.4. The molecule has 0 amide bonds. The molecular formula is C11H20N2O. The Labute approximate surface area is 86.4 Å². The lowest BCUT2D eigenvalue weighted by Gasteiger charge is -2.29. The molecule has 2 unspecified atom stereocenters. The molecule has 1 aliphatic heterocycles. The summed E-state index contributed by atoms with van der Waals surface area (Å²) in [6.45, 7) is 10.9. The van der Waals surface area contributed by atoms with E-state index in [4.69, 9.17) is 4.74 Å². The van der Waals surface area contributed by atoms with Gasteiger partial charge in [0.05, 0.1) is 19.3 Å². The lowest BCUT2D eigenvalue weighted by Crippen LogP contribution is -2.48. The highest BCUT2D eigenvalue weighted by molar-refractivity contribution is 4.93. The first-order valence-corrected chi connectivity index (χ1v) is 5.04. The highest BCUT2D eigenvalue weighted by Crippen LogP contribution is 2.13. The van der Waals surface area contributed by atoms with Crippen LogP contribution >= 0.6 is 0 Å². The molecule has 0 radical (unpaired) electrons. The van der Waals surface area contributed by atoms with Crippen molar-refractivity contribution in [3.63, 3.8) is 0 Å². The molecule has 1 aliphatic rings. The van der Waals surface area contributed by atoms with E-state index < -0.39 is 0 Å². The third kappa shape index (κ3) is 2.67. The maximum atomic E-state index is 5.46. The third-order valence-corrected chi connectivity index (χ3v) is 2.62. The second-order valence-corrected chi connectivity index (χ2v) is 3.53. The lowest BCUT2D eigenvalue weighted by atomic mass is 10.1. The van der Waals surface area contributed by atoms with E-state index in [-0.39, 0.29) is 0 Å². The topological polar surface area (TPSA) is 24.5 Å². The molecule has 0 spiro atoms. The van der Waals surface area contributed by atoms with E-state index in [1.54, 1.807) is 0 Å². The van der Waals surface area contributed by atoms with Gasteiger partial charge in [0.1, 0.15) is 0 Å². The van der Waals surface area contributed by atoms with Gasteiger partial charge in [-0.05, 0) is 7.05 Å². The van der Waals surface area contributed by atoms with E-state index in [0.29, 0.717) is 12.1 Å². The van der Waals surface area contributed by atoms with Crippen molar-refractivity contribution in [1.82, 2.24) is 10.2 Å². The minimum Gasteiger partial charge on any atom is -0.378 e. The van der Waals surface area contributed by atoms with Gasteiger partial charge < -0.3 is 10.1 Å². The Kier molecular flexibility index (Phi) is 4.87. The molecule has 3 heteroatoms. The van der Waals surface area contributed by atoms with Crippen LogP contribution in [0.3, 0.4) is 0 Å². The molecule has 0 aliphatic carbocycles. The van der Waals surface area contributed by atoms with Gasteiger partial charge in [0.2, 0.25) is 0 Å². The Morgan fingerprint density at radius 3 is 2.50 bits per heavy atom. The highest BCUT2D eigenvalue weighted by atomic mass is 16.5. The summed E-state index contributed by atoms with van der Waals surface area (Å²) in [7, 11) is 1.98. The van der Waals surface area contributed by atoms with Gasteiger partial charge in [-0.1, -0.05) is 12.2 Å². The Hall–Kier alpha value is -0.640. The molecule has 1 heterocycles. The standard InChI is InChI=1S/C11H20N2O/c1-4-6-13(7-5-2)11-9-14-8-10(11)12-3/h4-5,10-12H,1-2,6-9H2,3H3. The highest BCUT2D eigenvalue weighted by Gasteiger charge is 2.30. The molecule has 3 nitrogen and oxygen atoms in total. The quantitative estimate of drug-likeness (QED) is 0.631. The summed E-state index contributed by atoms with van der Waals surface area (Å²) >= 11 is 0. The predicted octanol–water partition coefficient (Wildman–Crippen LogP) is 0.647. The second kappa shape index (κ2) is 5.96. The van der Waals surface area contributed by atoms with Crippen molar-refractivity contribution in [2.45, 2.75) is 12.1 Å². The first kappa shape index (κ1) is 11.4. The molecule has 2 atom stereocenters. The third-order valence-electron chi connectivity index (χ3n) is 2.62. The van der Waals surface area contributed by atoms with E-state index in [2.05, 4.69) is 23.4 Å². The van der Waals surface area contributed by atoms with Crippen LogP contribution in [0.5, 0.6) is 0 Å². The molecule has 1 fully saturated rings. The van der Waals surface area contributed by atoms with Gasteiger partial charge >= 0.3 is 0 Å². The van der Waals surface area contributed by atoms with Crippen molar-refractivity contribution in [2.75, 3.05) is 33.4 Å². The molecular weight excluding hydrogens is 176 g/mol. The average molecular weight is 196 g/mol. The van der Waals surface area contributed by atoms with E-state index in [1.807, 2.05) is 19.2 Å². The van der Waals surface area contributed by atoms with Gasteiger partial charge in [-0.2, -0.15) is 0 Å². The van der Waals surface area contributed by atoms with Crippen LogP contribution < -0.4 is 5.32 Å². The zero-order valence-electron chi connectivity index (χ0n) is 8.91. The fourth-order valence-electron chi connectivity index (χ4n) is 1.86. The molecule has 0 aromatic carbocycles. The van der Waals surface area contributed by atoms with Gasteiger partial charge in [-0.3, -0.25) is 4.90 Å². The lowest BCUT2D eigenvalue weighted by molar-refractivity contribution is 0.158. The Morgan fingerprint density at radius 1 is 1.36 bits per heavy atom. The van der Waals surface area contributed by atoms with Crippen LogP contribution in [0.15, 0.2) is 25.3 Å². The molecule has 0 bridgehead atoms. The Morgan fingerprint density at radius 2 is 2.00 bits per heavy atom.